The Kier molecular flexibility index (Phi) is 4.76. The van der Waals surface area contributed by atoms with Crippen LogP contribution in [0, 0.1) is 0 Å². The largest absolute Gasteiger partial charge is 0.358 e. The standard InChI is InChI=1S/C14H18ClN3/c1-18(10-6-2-5-9-15)14-13-8-4-3-7-12(13)11-16-17-14/h3-4,7-8,11H,2,5-6,9-10H2,1H3. The molecule has 1 aromatic carbocycles. The number of hydrogen-bond donors (Lipinski definition) is 0. The van der Waals surface area contributed by atoms with E-state index >= 15 is 0 Å². The molecule has 4 heteroatoms. The molecule has 0 N–H and O–H groups in total. The number of nitrogens with zero attached hydrogens (tertiary/aromatic N) is 3. The number of hydrogen-bond acceptors (Lipinski definition) is 3. The molecule has 0 fully saturated rings. The lowest BCUT2D eigenvalue weighted by Crippen LogP contribution is -2.20. The molecule has 96 valence electrons. The number of benzene rings is 1. The SMILES string of the molecule is CN(CCCCCCl)c1nncc2ccccc12. The van der Waals surface area contributed by atoms with E-state index in [0.29, 0.717) is 0 Å². The summed E-state index contributed by atoms with van der Waals surface area (Å²) in [4.78, 5) is 2.17. The van der Waals surface area contributed by atoms with E-state index in [1.165, 1.54) is 0 Å². The summed E-state index contributed by atoms with van der Waals surface area (Å²) < 4.78 is 0. The Balaban J connectivity index is 2.10. The van der Waals surface area contributed by atoms with Gasteiger partial charge in [-0.15, -0.1) is 16.7 Å². The molecule has 0 unspecified atom stereocenters. The van der Waals surface area contributed by atoms with Crippen LogP contribution in [-0.4, -0.2) is 29.7 Å². The van der Waals surface area contributed by atoms with Gasteiger partial charge in [-0.05, 0) is 12.8 Å². The van der Waals surface area contributed by atoms with Gasteiger partial charge < -0.3 is 4.90 Å². The predicted molar refractivity (Wildman–Crippen MR) is 77.4 cm³/mol. The van der Waals surface area contributed by atoms with Gasteiger partial charge in [-0.1, -0.05) is 30.7 Å². The van der Waals surface area contributed by atoms with Crippen LogP contribution in [0.3, 0.4) is 0 Å². The zero-order chi connectivity index (χ0) is 12.8. The van der Waals surface area contributed by atoms with Crippen LogP contribution in [0.4, 0.5) is 5.82 Å². The molecule has 0 spiro atoms. The minimum atomic E-state index is 0.748. The molecular formula is C14H18ClN3. The third kappa shape index (κ3) is 3.10. The van der Waals surface area contributed by atoms with Crippen molar-refractivity contribution in [2.45, 2.75) is 19.3 Å². The summed E-state index contributed by atoms with van der Waals surface area (Å²) in [6, 6.07) is 8.21. The van der Waals surface area contributed by atoms with Crippen molar-refractivity contribution in [3.8, 4) is 0 Å². The first-order valence-electron chi connectivity index (χ1n) is 6.30. The maximum atomic E-state index is 5.68. The van der Waals surface area contributed by atoms with E-state index < -0.39 is 0 Å². The van der Waals surface area contributed by atoms with E-state index in [-0.39, 0.29) is 0 Å². The maximum Gasteiger partial charge on any atom is 0.158 e. The van der Waals surface area contributed by atoms with Gasteiger partial charge in [0.05, 0.1) is 6.20 Å². The topological polar surface area (TPSA) is 29.0 Å². The van der Waals surface area contributed by atoms with Gasteiger partial charge in [0.2, 0.25) is 0 Å². The van der Waals surface area contributed by atoms with Crippen molar-refractivity contribution >= 4 is 28.2 Å². The van der Waals surface area contributed by atoms with Gasteiger partial charge >= 0.3 is 0 Å². The van der Waals surface area contributed by atoms with Crippen LogP contribution in [0.25, 0.3) is 10.8 Å². The van der Waals surface area contributed by atoms with Crippen molar-refractivity contribution < 1.29 is 0 Å². The van der Waals surface area contributed by atoms with Crippen molar-refractivity contribution in [3.63, 3.8) is 0 Å². The number of unbranched alkanes of at least 4 members (excludes halogenated alkanes) is 2. The van der Waals surface area contributed by atoms with Gasteiger partial charge in [0.15, 0.2) is 5.82 Å². The van der Waals surface area contributed by atoms with Gasteiger partial charge in [0.1, 0.15) is 0 Å². The molecule has 0 amide bonds. The molecule has 3 nitrogen and oxygen atoms in total. The molecule has 2 rings (SSSR count). The van der Waals surface area contributed by atoms with Crippen molar-refractivity contribution in [2.24, 2.45) is 0 Å². The van der Waals surface area contributed by atoms with E-state index in [0.717, 1.165) is 48.3 Å². The number of anilines is 1. The highest BCUT2D eigenvalue weighted by atomic mass is 35.5. The summed E-state index contributed by atoms with van der Waals surface area (Å²) in [6.45, 7) is 0.986. The maximum absolute atomic E-state index is 5.68. The fourth-order valence-electron chi connectivity index (χ4n) is 2.02. The van der Waals surface area contributed by atoms with E-state index in [1.54, 1.807) is 6.20 Å². The number of fused-ring (bicyclic) bond motifs is 1. The number of aromatic nitrogens is 2. The second-order valence-corrected chi connectivity index (χ2v) is 4.80. The monoisotopic (exact) mass is 263 g/mol. The first kappa shape index (κ1) is 13.1. The number of rotatable bonds is 6. The zero-order valence-electron chi connectivity index (χ0n) is 10.6. The Morgan fingerprint density at radius 3 is 2.83 bits per heavy atom. The second-order valence-electron chi connectivity index (χ2n) is 4.43. The lowest BCUT2D eigenvalue weighted by molar-refractivity contribution is 0.702. The highest BCUT2D eigenvalue weighted by molar-refractivity contribution is 6.17. The zero-order valence-corrected chi connectivity index (χ0v) is 11.4. The number of alkyl halides is 1. The fourth-order valence-corrected chi connectivity index (χ4v) is 2.21. The summed E-state index contributed by atoms with van der Waals surface area (Å²) in [7, 11) is 2.07. The third-order valence-electron chi connectivity index (χ3n) is 3.04. The average Bonchev–Trinajstić information content (AvgIpc) is 2.43. The first-order chi connectivity index (χ1) is 8.83. The van der Waals surface area contributed by atoms with Crippen molar-refractivity contribution in [1.82, 2.24) is 10.2 Å². The van der Waals surface area contributed by atoms with Crippen LogP contribution >= 0.6 is 11.6 Å². The van der Waals surface area contributed by atoms with Crippen LogP contribution < -0.4 is 4.90 Å². The first-order valence-corrected chi connectivity index (χ1v) is 6.84. The summed E-state index contributed by atoms with van der Waals surface area (Å²) in [6.07, 6.45) is 5.18. The molecule has 0 saturated heterocycles. The van der Waals surface area contributed by atoms with Gasteiger partial charge in [-0.25, -0.2) is 0 Å². The van der Waals surface area contributed by atoms with Crippen LogP contribution in [0.5, 0.6) is 0 Å². The summed E-state index contributed by atoms with van der Waals surface area (Å²) in [5.74, 6) is 1.71. The molecule has 0 bridgehead atoms. The minimum absolute atomic E-state index is 0.748. The average molecular weight is 264 g/mol. The summed E-state index contributed by atoms with van der Waals surface area (Å²) >= 11 is 5.68. The molecule has 0 aliphatic rings. The van der Waals surface area contributed by atoms with Crippen LogP contribution in [-0.2, 0) is 0 Å². The van der Waals surface area contributed by atoms with Crippen LogP contribution in [0.1, 0.15) is 19.3 Å². The molecule has 1 heterocycles. The normalized spacial score (nSPS) is 10.8. The lowest BCUT2D eigenvalue weighted by atomic mass is 10.2. The summed E-state index contributed by atoms with van der Waals surface area (Å²) in [5, 5.41) is 10.6. The van der Waals surface area contributed by atoms with Crippen LogP contribution in [0.2, 0.25) is 0 Å². The molecule has 18 heavy (non-hydrogen) atoms. The smallest absolute Gasteiger partial charge is 0.158 e. The molecule has 2 aromatic rings. The highest BCUT2D eigenvalue weighted by Crippen LogP contribution is 2.22. The van der Waals surface area contributed by atoms with Crippen molar-refractivity contribution in [3.05, 3.63) is 30.5 Å². The number of halogens is 1. The minimum Gasteiger partial charge on any atom is -0.358 e. The van der Waals surface area contributed by atoms with Gasteiger partial charge in [0, 0.05) is 30.2 Å². The van der Waals surface area contributed by atoms with Gasteiger partial charge in [-0.3, -0.25) is 0 Å². The van der Waals surface area contributed by atoms with Crippen molar-refractivity contribution in [2.75, 3.05) is 24.4 Å². The third-order valence-corrected chi connectivity index (χ3v) is 3.31. The molecule has 0 aliphatic carbocycles. The molecule has 0 atom stereocenters. The molecule has 1 aromatic heterocycles. The Labute approximate surface area is 113 Å². The van der Waals surface area contributed by atoms with E-state index in [9.17, 15) is 0 Å². The van der Waals surface area contributed by atoms with Gasteiger partial charge in [0.25, 0.3) is 0 Å². The lowest BCUT2D eigenvalue weighted by Gasteiger charge is -2.18. The Morgan fingerprint density at radius 1 is 1.17 bits per heavy atom. The van der Waals surface area contributed by atoms with Gasteiger partial charge in [-0.2, -0.15) is 5.10 Å². The fraction of sp³-hybridized carbons (Fsp3) is 0.429. The van der Waals surface area contributed by atoms with Crippen LogP contribution in [0.15, 0.2) is 30.5 Å². The molecule has 0 saturated carbocycles. The molecule has 0 aliphatic heterocycles. The Bertz CT molecular complexity index is 496. The Hall–Kier alpha value is -1.35. The summed E-state index contributed by atoms with van der Waals surface area (Å²) in [5.41, 5.74) is 0. The van der Waals surface area contributed by atoms with E-state index in [1.807, 2.05) is 12.1 Å². The Morgan fingerprint density at radius 2 is 2.00 bits per heavy atom. The van der Waals surface area contributed by atoms with E-state index in [4.69, 9.17) is 11.6 Å². The highest BCUT2D eigenvalue weighted by Gasteiger charge is 2.07. The molecule has 0 radical (unpaired) electrons. The predicted octanol–water partition coefficient (Wildman–Crippen LogP) is 3.48. The van der Waals surface area contributed by atoms with Crippen molar-refractivity contribution in [1.29, 1.82) is 0 Å². The second kappa shape index (κ2) is 6.55. The molecular weight excluding hydrogens is 246 g/mol. The van der Waals surface area contributed by atoms with E-state index in [2.05, 4.69) is 34.3 Å². The quantitative estimate of drug-likeness (QED) is 0.590.